The first kappa shape index (κ1) is 12.7. The van der Waals surface area contributed by atoms with Crippen LogP contribution in [0.3, 0.4) is 0 Å². The maximum atomic E-state index is 10.00. The molecule has 0 spiro atoms. The maximum Gasteiger partial charge on any atom is 0.127 e. The Morgan fingerprint density at radius 2 is 1.93 bits per heavy atom. The molecule has 1 fully saturated rings. The van der Waals surface area contributed by atoms with E-state index in [1.165, 1.54) is 6.08 Å². The average molecular weight is 213 g/mol. The quantitative estimate of drug-likeness (QED) is 0.683. The van der Waals surface area contributed by atoms with Crippen molar-refractivity contribution in [3.8, 4) is 0 Å². The average Bonchev–Trinajstić information content (AvgIpc) is 2.11. The van der Waals surface area contributed by atoms with Gasteiger partial charge in [-0.1, -0.05) is 6.58 Å². The molecule has 1 aliphatic rings. The maximum absolute atomic E-state index is 10.00. The van der Waals surface area contributed by atoms with Crippen LogP contribution in [-0.2, 0) is 0 Å². The van der Waals surface area contributed by atoms with E-state index in [1.54, 1.807) is 0 Å². The zero-order valence-electron chi connectivity index (χ0n) is 10.2. The molecule has 0 aromatic rings. The minimum Gasteiger partial charge on any atom is -0.391 e. The first-order valence-electron chi connectivity index (χ1n) is 5.51. The van der Waals surface area contributed by atoms with Gasteiger partial charge in [-0.05, 0) is 46.6 Å². The molecule has 3 nitrogen and oxygen atoms in total. The van der Waals surface area contributed by atoms with Gasteiger partial charge in [0.25, 0.3) is 0 Å². The van der Waals surface area contributed by atoms with E-state index in [2.05, 4.69) is 20.4 Å². The molecular formula is C12H23NO2. The van der Waals surface area contributed by atoms with Gasteiger partial charge in [0.2, 0.25) is 0 Å². The molecule has 0 bridgehead atoms. The van der Waals surface area contributed by atoms with Gasteiger partial charge < -0.3 is 10.2 Å². The van der Waals surface area contributed by atoms with Crippen LogP contribution >= 0.6 is 0 Å². The SMILES string of the molecule is C=CC(O)N1C(C)(C)CCC(O)C1(C)C. The van der Waals surface area contributed by atoms with Crippen LogP contribution < -0.4 is 0 Å². The third kappa shape index (κ3) is 2.10. The summed E-state index contributed by atoms with van der Waals surface area (Å²) in [5.41, 5.74) is -0.536. The lowest BCUT2D eigenvalue weighted by molar-refractivity contribution is -0.163. The number of rotatable bonds is 2. The second kappa shape index (κ2) is 3.89. The van der Waals surface area contributed by atoms with E-state index in [0.717, 1.165) is 12.8 Å². The molecule has 0 aromatic heterocycles. The van der Waals surface area contributed by atoms with Gasteiger partial charge in [-0.2, -0.15) is 0 Å². The smallest absolute Gasteiger partial charge is 0.127 e. The molecule has 1 aliphatic heterocycles. The summed E-state index contributed by atoms with van der Waals surface area (Å²) in [4.78, 5) is 1.95. The number of aliphatic hydroxyl groups is 2. The van der Waals surface area contributed by atoms with Gasteiger partial charge in [0.1, 0.15) is 6.23 Å². The molecule has 1 saturated heterocycles. The summed E-state index contributed by atoms with van der Waals surface area (Å²) in [6.45, 7) is 11.7. The molecule has 0 aromatic carbocycles. The minimum atomic E-state index is -0.704. The second-order valence-corrected chi connectivity index (χ2v) is 5.54. The van der Waals surface area contributed by atoms with Crippen molar-refractivity contribution in [2.24, 2.45) is 0 Å². The van der Waals surface area contributed by atoms with Gasteiger partial charge in [0.05, 0.1) is 6.10 Å². The van der Waals surface area contributed by atoms with Crippen molar-refractivity contribution in [1.82, 2.24) is 4.90 Å². The van der Waals surface area contributed by atoms with Crippen molar-refractivity contribution < 1.29 is 10.2 Å². The number of hydrogen-bond acceptors (Lipinski definition) is 3. The highest BCUT2D eigenvalue weighted by molar-refractivity contribution is 5.04. The Kier molecular flexibility index (Phi) is 3.29. The first-order valence-corrected chi connectivity index (χ1v) is 5.51. The van der Waals surface area contributed by atoms with Crippen LogP contribution in [0.15, 0.2) is 12.7 Å². The van der Waals surface area contributed by atoms with Gasteiger partial charge in [0, 0.05) is 11.1 Å². The van der Waals surface area contributed by atoms with Crippen LogP contribution in [0, 0.1) is 0 Å². The van der Waals surface area contributed by atoms with E-state index in [-0.39, 0.29) is 5.54 Å². The molecule has 2 atom stereocenters. The second-order valence-electron chi connectivity index (χ2n) is 5.54. The Labute approximate surface area is 92.4 Å². The van der Waals surface area contributed by atoms with Crippen molar-refractivity contribution >= 4 is 0 Å². The Bertz CT molecular complexity index is 248. The van der Waals surface area contributed by atoms with Gasteiger partial charge in [-0.15, -0.1) is 0 Å². The lowest BCUT2D eigenvalue weighted by atomic mass is 9.77. The minimum absolute atomic E-state index is 0.115. The highest BCUT2D eigenvalue weighted by Gasteiger charge is 2.48. The molecule has 1 heterocycles. The summed E-state index contributed by atoms with van der Waals surface area (Å²) in [6, 6.07) is 0. The van der Waals surface area contributed by atoms with E-state index in [4.69, 9.17) is 0 Å². The van der Waals surface area contributed by atoms with E-state index < -0.39 is 17.9 Å². The van der Waals surface area contributed by atoms with Crippen molar-refractivity contribution in [3.05, 3.63) is 12.7 Å². The lowest BCUT2D eigenvalue weighted by Crippen LogP contribution is -2.67. The van der Waals surface area contributed by atoms with Gasteiger partial charge in [0.15, 0.2) is 0 Å². The molecule has 15 heavy (non-hydrogen) atoms. The van der Waals surface area contributed by atoms with E-state index in [0.29, 0.717) is 0 Å². The standard InChI is InChI=1S/C12H23NO2/c1-6-10(15)13-11(2,3)8-7-9(14)12(13,4)5/h6,9-10,14-15H,1,7-8H2,2-5H3. The third-order valence-corrected chi connectivity index (χ3v) is 3.59. The molecule has 2 unspecified atom stereocenters. The van der Waals surface area contributed by atoms with Crippen LogP contribution in [0.25, 0.3) is 0 Å². The fraction of sp³-hybridized carbons (Fsp3) is 0.833. The number of hydrogen-bond donors (Lipinski definition) is 2. The van der Waals surface area contributed by atoms with E-state index >= 15 is 0 Å². The summed E-state index contributed by atoms with van der Waals surface area (Å²) < 4.78 is 0. The van der Waals surface area contributed by atoms with Crippen molar-refractivity contribution in [2.45, 2.75) is 63.9 Å². The fourth-order valence-electron chi connectivity index (χ4n) is 2.71. The monoisotopic (exact) mass is 213 g/mol. The molecule has 2 N–H and O–H groups in total. The molecule has 1 rings (SSSR count). The fourth-order valence-corrected chi connectivity index (χ4v) is 2.71. The normalized spacial score (nSPS) is 32.3. The van der Waals surface area contributed by atoms with Crippen molar-refractivity contribution in [2.75, 3.05) is 0 Å². The Hall–Kier alpha value is -0.380. The zero-order chi connectivity index (χ0) is 11.9. The summed E-state index contributed by atoms with van der Waals surface area (Å²) in [5.74, 6) is 0. The predicted molar refractivity (Wildman–Crippen MR) is 61.4 cm³/mol. The summed E-state index contributed by atoms with van der Waals surface area (Å²) in [6.07, 6.45) is 2.06. The van der Waals surface area contributed by atoms with Crippen molar-refractivity contribution in [1.29, 1.82) is 0 Å². The molecule has 88 valence electrons. The van der Waals surface area contributed by atoms with Crippen LogP contribution in [0.4, 0.5) is 0 Å². The molecule has 3 heteroatoms. The van der Waals surface area contributed by atoms with Gasteiger partial charge in [-0.25, -0.2) is 0 Å². The summed E-state index contributed by atoms with van der Waals surface area (Å²) in [5, 5.41) is 20.0. The largest absolute Gasteiger partial charge is 0.391 e. The highest BCUT2D eigenvalue weighted by Crippen LogP contribution is 2.39. The topological polar surface area (TPSA) is 43.7 Å². The zero-order valence-corrected chi connectivity index (χ0v) is 10.2. The van der Waals surface area contributed by atoms with E-state index in [1.807, 2.05) is 18.7 Å². The van der Waals surface area contributed by atoms with Crippen LogP contribution in [0.2, 0.25) is 0 Å². The number of aliphatic hydroxyl groups excluding tert-OH is 2. The Morgan fingerprint density at radius 1 is 1.40 bits per heavy atom. The van der Waals surface area contributed by atoms with Gasteiger partial charge in [-0.3, -0.25) is 4.90 Å². The first-order chi connectivity index (χ1) is 6.73. The Morgan fingerprint density at radius 3 is 2.40 bits per heavy atom. The third-order valence-electron chi connectivity index (χ3n) is 3.59. The number of piperidine rings is 1. The van der Waals surface area contributed by atoms with Crippen molar-refractivity contribution in [3.63, 3.8) is 0 Å². The molecular weight excluding hydrogens is 190 g/mol. The molecule has 0 aliphatic carbocycles. The summed E-state index contributed by atoms with van der Waals surface area (Å²) >= 11 is 0. The van der Waals surface area contributed by atoms with Gasteiger partial charge >= 0.3 is 0 Å². The molecule has 0 radical (unpaired) electrons. The lowest BCUT2D eigenvalue weighted by Gasteiger charge is -2.56. The summed E-state index contributed by atoms with van der Waals surface area (Å²) in [7, 11) is 0. The van der Waals surface area contributed by atoms with Crippen LogP contribution in [0.1, 0.15) is 40.5 Å². The predicted octanol–water partition coefficient (Wildman–Crippen LogP) is 1.50. The van der Waals surface area contributed by atoms with Crippen LogP contribution in [0.5, 0.6) is 0 Å². The molecule has 0 amide bonds. The van der Waals surface area contributed by atoms with E-state index in [9.17, 15) is 10.2 Å². The number of nitrogens with zero attached hydrogens (tertiary/aromatic N) is 1. The number of likely N-dealkylation sites (tertiary alicyclic amines) is 1. The highest BCUT2D eigenvalue weighted by atomic mass is 16.3. The van der Waals surface area contributed by atoms with Crippen LogP contribution in [-0.4, -0.2) is 38.5 Å². The Balaban J connectivity index is 3.06. The molecule has 0 saturated carbocycles.